The first-order valence-corrected chi connectivity index (χ1v) is 5.25. The number of Topliss-reactive ketones (excluding diaryl/α,β-unsaturated/α-hetero) is 1. The molecule has 0 spiro atoms. The molecule has 0 atom stereocenters. The molecule has 0 radical (unpaired) electrons. The van der Waals surface area contributed by atoms with Crippen molar-refractivity contribution in [3.8, 4) is 0 Å². The Balaban J connectivity index is 2.73. The van der Waals surface area contributed by atoms with E-state index in [2.05, 4.69) is 4.98 Å². The lowest BCUT2D eigenvalue weighted by Gasteiger charge is -2.19. The first-order valence-electron chi connectivity index (χ1n) is 5.25. The quantitative estimate of drug-likeness (QED) is 0.709. The third kappa shape index (κ3) is 3.84. The minimum atomic E-state index is -0.522. The first-order chi connectivity index (χ1) is 8.04. The molecule has 1 heterocycles. The minimum absolute atomic E-state index is 0.0923. The Morgan fingerprint density at radius 3 is 2.53 bits per heavy atom. The molecule has 0 aliphatic rings. The lowest BCUT2D eigenvalue weighted by molar-refractivity contribution is 0.101. The molecule has 0 aliphatic heterocycles. The number of rotatable bonds is 5. The number of carbonyl (C=O) groups is 2. The van der Waals surface area contributed by atoms with Gasteiger partial charge in [0.2, 0.25) is 0 Å². The number of hydrogen-bond donors (Lipinski definition) is 2. The van der Waals surface area contributed by atoms with Crippen LogP contribution < -0.4 is 11.5 Å². The van der Waals surface area contributed by atoms with Crippen LogP contribution in [0.2, 0.25) is 0 Å². The zero-order valence-corrected chi connectivity index (χ0v) is 9.72. The minimum Gasteiger partial charge on any atom is -0.351 e. The van der Waals surface area contributed by atoms with Crippen LogP contribution in [0.25, 0.3) is 0 Å². The highest BCUT2D eigenvalue weighted by Crippen LogP contribution is 2.05. The van der Waals surface area contributed by atoms with Crippen molar-refractivity contribution in [2.75, 3.05) is 13.1 Å². The van der Waals surface area contributed by atoms with Crippen LogP contribution in [0.4, 0.5) is 4.79 Å². The fraction of sp³-hybridized carbons (Fsp3) is 0.364. The summed E-state index contributed by atoms with van der Waals surface area (Å²) in [5.74, 6) is -0.0923. The fourth-order valence-corrected chi connectivity index (χ4v) is 1.37. The lowest BCUT2D eigenvalue weighted by Crippen LogP contribution is -2.38. The van der Waals surface area contributed by atoms with Crippen LogP contribution in [-0.2, 0) is 6.54 Å². The highest BCUT2D eigenvalue weighted by atomic mass is 16.2. The topological polar surface area (TPSA) is 102 Å². The summed E-state index contributed by atoms with van der Waals surface area (Å²) in [5.41, 5.74) is 11.8. The highest BCUT2D eigenvalue weighted by molar-refractivity contribution is 5.91. The standard InChI is InChI=1S/C11H16N4O2/c1-8(16)10-3-2-9(6-14-10)7-15(5-4-12)11(13)17/h2-3,6H,4-5,7,12H2,1H3,(H2,13,17). The number of ketones is 1. The van der Waals surface area contributed by atoms with Crippen LogP contribution in [0, 0.1) is 0 Å². The van der Waals surface area contributed by atoms with Crippen LogP contribution >= 0.6 is 0 Å². The number of primary amides is 1. The molecular formula is C11H16N4O2. The molecule has 2 amide bonds. The second kappa shape index (κ2) is 5.95. The van der Waals surface area contributed by atoms with Gasteiger partial charge in [-0.1, -0.05) is 6.07 Å². The lowest BCUT2D eigenvalue weighted by atomic mass is 10.2. The average Bonchev–Trinajstić information content (AvgIpc) is 2.29. The van der Waals surface area contributed by atoms with Gasteiger partial charge >= 0.3 is 6.03 Å². The summed E-state index contributed by atoms with van der Waals surface area (Å²) < 4.78 is 0. The van der Waals surface area contributed by atoms with E-state index in [0.29, 0.717) is 25.3 Å². The van der Waals surface area contributed by atoms with Gasteiger partial charge in [-0.3, -0.25) is 9.78 Å². The fourth-order valence-electron chi connectivity index (χ4n) is 1.37. The van der Waals surface area contributed by atoms with Gasteiger partial charge in [-0.15, -0.1) is 0 Å². The van der Waals surface area contributed by atoms with Crippen molar-refractivity contribution in [2.45, 2.75) is 13.5 Å². The summed E-state index contributed by atoms with van der Waals surface area (Å²) >= 11 is 0. The molecule has 6 heteroatoms. The van der Waals surface area contributed by atoms with E-state index in [9.17, 15) is 9.59 Å². The largest absolute Gasteiger partial charge is 0.351 e. The molecule has 1 aromatic rings. The molecule has 0 aromatic carbocycles. The third-order valence-electron chi connectivity index (χ3n) is 2.27. The van der Waals surface area contributed by atoms with Gasteiger partial charge < -0.3 is 16.4 Å². The summed E-state index contributed by atoms with van der Waals surface area (Å²) in [7, 11) is 0. The maximum atomic E-state index is 11.1. The Morgan fingerprint density at radius 2 is 2.12 bits per heavy atom. The molecule has 4 N–H and O–H groups in total. The molecule has 92 valence electrons. The molecule has 0 bridgehead atoms. The van der Waals surface area contributed by atoms with Gasteiger partial charge in [0, 0.05) is 32.8 Å². The van der Waals surface area contributed by atoms with Crippen molar-refractivity contribution in [3.63, 3.8) is 0 Å². The van der Waals surface area contributed by atoms with Crippen molar-refractivity contribution in [2.24, 2.45) is 11.5 Å². The smallest absolute Gasteiger partial charge is 0.315 e. The van der Waals surface area contributed by atoms with Gasteiger partial charge in [0.25, 0.3) is 0 Å². The summed E-state index contributed by atoms with van der Waals surface area (Å²) in [6.07, 6.45) is 1.56. The van der Waals surface area contributed by atoms with E-state index in [0.717, 1.165) is 5.56 Å². The maximum Gasteiger partial charge on any atom is 0.315 e. The zero-order chi connectivity index (χ0) is 12.8. The predicted molar refractivity (Wildman–Crippen MR) is 63.3 cm³/mol. The van der Waals surface area contributed by atoms with Crippen LogP contribution in [0.5, 0.6) is 0 Å². The van der Waals surface area contributed by atoms with Gasteiger partial charge in [0.15, 0.2) is 5.78 Å². The summed E-state index contributed by atoms with van der Waals surface area (Å²) in [6.45, 7) is 2.54. The van der Waals surface area contributed by atoms with E-state index in [-0.39, 0.29) is 5.78 Å². The van der Waals surface area contributed by atoms with Gasteiger partial charge in [-0.2, -0.15) is 0 Å². The molecule has 0 saturated heterocycles. The van der Waals surface area contributed by atoms with Gasteiger partial charge in [-0.05, 0) is 11.6 Å². The molecule has 0 saturated carbocycles. The number of carbonyl (C=O) groups excluding carboxylic acids is 2. The van der Waals surface area contributed by atoms with Crippen LogP contribution in [0.15, 0.2) is 18.3 Å². The van der Waals surface area contributed by atoms with Gasteiger partial charge in [-0.25, -0.2) is 4.79 Å². The van der Waals surface area contributed by atoms with Crippen LogP contribution in [-0.4, -0.2) is 34.8 Å². The normalized spacial score (nSPS) is 10.0. The maximum absolute atomic E-state index is 11.1. The third-order valence-corrected chi connectivity index (χ3v) is 2.27. The monoisotopic (exact) mass is 236 g/mol. The summed E-state index contributed by atoms with van der Waals surface area (Å²) in [4.78, 5) is 27.5. The van der Waals surface area contributed by atoms with Crippen molar-refractivity contribution in [3.05, 3.63) is 29.6 Å². The number of nitrogens with zero attached hydrogens (tertiary/aromatic N) is 2. The second-order valence-electron chi connectivity index (χ2n) is 3.66. The molecule has 0 fully saturated rings. The zero-order valence-electron chi connectivity index (χ0n) is 9.72. The van der Waals surface area contributed by atoms with E-state index in [4.69, 9.17) is 11.5 Å². The molecular weight excluding hydrogens is 220 g/mol. The van der Waals surface area contributed by atoms with Crippen LogP contribution in [0.1, 0.15) is 23.0 Å². The molecule has 0 unspecified atom stereocenters. The van der Waals surface area contributed by atoms with Gasteiger partial charge in [0.05, 0.1) is 0 Å². The van der Waals surface area contributed by atoms with E-state index in [1.54, 1.807) is 18.3 Å². The number of pyridine rings is 1. The first kappa shape index (κ1) is 13.1. The Hall–Kier alpha value is -1.95. The predicted octanol–water partition coefficient (Wildman–Crippen LogP) is 0.124. The highest BCUT2D eigenvalue weighted by Gasteiger charge is 2.09. The van der Waals surface area contributed by atoms with Gasteiger partial charge in [0.1, 0.15) is 5.69 Å². The molecule has 1 rings (SSSR count). The second-order valence-corrected chi connectivity index (χ2v) is 3.66. The molecule has 17 heavy (non-hydrogen) atoms. The van der Waals surface area contributed by atoms with Crippen LogP contribution in [0.3, 0.4) is 0 Å². The molecule has 6 nitrogen and oxygen atoms in total. The van der Waals surface area contributed by atoms with Crippen molar-refractivity contribution in [1.29, 1.82) is 0 Å². The summed E-state index contributed by atoms with van der Waals surface area (Å²) in [6, 6.07) is 2.85. The molecule has 0 aliphatic carbocycles. The van der Waals surface area contributed by atoms with Crippen molar-refractivity contribution in [1.82, 2.24) is 9.88 Å². The average molecular weight is 236 g/mol. The Kier molecular flexibility index (Phi) is 4.59. The number of amides is 2. The number of aromatic nitrogens is 1. The van der Waals surface area contributed by atoms with Crippen molar-refractivity contribution < 1.29 is 9.59 Å². The number of urea groups is 1. The Morgan fingerprint density at radius 1 is 1.41 bits per heavy atom. The Labute approximate surface area is 99.6 Å². The SMILES string of the molecule is CC(=O)c1ccc(CN(CCN)C(N)=O)cn1. The number of nitrogens with two attached hydrogens (primary N) is 2. The van der Waals surface area contributed by atoms with E-state index >= 15 is 0 Å². The number of hydrogen-bond acceptors (Lipinski definition) is 4. The van der Waals surface area contributed by atoms with E-state index in [1.807, 2.05) is 0 Å². The van der Waals surface area contributed by atoms with E-state index < -0.39 is 6.03 Å². The van der Waals surface area contributed by atoms with E-state index in [1.165, 1.54) is 11.8 Å². The molecule has 1 aromatic heterocycles. The summed E-state index contributed by atoms with van der Waals surface area (Å²) in [5, 5.41) is 0. The Bertz CT molecular complexity index is 402. The van der Waals surface area contributed by atoms with Crippen molar-refractivity contribution >= 4 is 11.8 Å².